The summed E-state index contributed by atoms with van der Waals surface area (Å²) in [5.74, 6) is 0. The molecule has 0 atom stereocenters. The van der Waals surface area contributed by atoms with Crippen LogP contribution in [0.1, 0.15) is 4.28 Å². The second-order valence-corrected chi connectivity index (χ2v) is 1.80. The van der Waals surface area contributed by atoms with E-state index in [1.807, 2.05) is 0 Å². The number of hydrogen-bond donors (Lipinski definition) is 4. The summed E-state index contributed by atoms with van der Waals surface area (Å²) in [5.41, 5.74) is 0. The van der Waals surface area contributed by atoms with Gasteiger partial charge in [-0.2, -0.15) is 0 Å². The van der Waals surface area contributed by atoms with Gasteiger partial charge in [0.05, 0.1) is 0 Å². The zero-order valence-corrected chi connectivity index (χ0v) is 9.78. The molecule has 3 radical (unpaired) electrons. The van der Waals surface area contributed by atoms with Crippen LogP contribution in [0.2, 0.25) is 0 Å². The summed E-state index contributed by atoms with van der Waals surface area (Å²) < 4.78 is 0. The average molecular weight is 173 g/mol. The van der Waals surface area contributed by atoms with E-state index in [4.69, 9.17) is 19.2 Å². The molecule has 0 saturated carbocycles. The van der Waals surface area contributed by atoms with Crippen LogP contribution in [0.4, 0.5) is 0 Å². The van der Waals surface area contributed by atoms with Gasteiger partial charge >= 0.3 is 76.3 Å². The van der Waals surface area contributed by atoms with Crippen molar-refractivity contribution in [1.29, 1.82) is 0 Å². The molecule has 0 bridgehead atoms. The van der Waals surface area contributed by atoms with Crippen LogP contribution in [-0.2, 0) is 0 Å². The smallest absolute Gasteiger partial charge is 1.00 e. The van der Waals surface area contributed by atoms with Crippen molar-refractivity contribution >= 4 is 55.2 Å². The summed E-state index contributed by atoms with van der Waals surface area (Å²) in [7, 11) is -4.61. The summed E-state index contributed by atoms with van der Waals surface area (Å²) in [6.07, 6.45) is 0. The number of hydrogen-bond acceptors (Lipinski definition) is 4. The summed E-state index contributed by atoms with van der Waals surface area (Å²) in [5, 5.41) is 0. The van der Waals surface area contributed by atoms with E-state index in [-0.39, 0.29) is 80.0 Å². The van der Waals surface area contributed by atoms with Crippen LogP contribution >= 0.6 is 0 Å². The van der Waals surface area contributed by atoms with Gasteiger partial charge in [0.25, 0.3) is 0 Å². The first kappa shape index (κ1) is 22.4. The Bertz CT molecular complexity index is 40.8. The van der Waals surface area contributed by atoms with Crippen molar-refractivity contribution in [2.75, 3.05) is 0 Å². The van der Waals surface area contributed by atoms with Gasteiger partial charge in [0, 0.05) is 8.41 Å². The first-order chi connectivity index (χ1) is 2.00. The fourth-order valence-electron chi connectivity index (χ4n) is 0. The molecule has 0 aliphatic rings. The molecule has 8 heavy (non-hydrogen) atoms. The molecule has 0 amide bonds. The van der Waals surface area contributed by atoms with Crippen LogP contribution in [0, 0.1) is 0 Å². The molecule has 0 saturated heterocycles. The van der Waals surface area contributed by atoms with Gasteiger partial charge in [0.2, 0.25) is 0 Å². The van der Waals surface area contributed by atoms with E-state index in [0.717, 1.165) is 0 Å². The summed E-state index contributed by atoms with van der Waals surface area (Å²) in [4.78, 5) is 29.3. The maximum Gasteiger partial charge on any atom is 2.00 e. The van der Waals surface area contributed by atoms with Gasteiger partial charge in [-0.05, 0) is 0 Å². The third-order valence-corrected chi connectivity index (χ3v) is 0. The van der Waals surface area contributed by atoms with Crippen molar-refractivity contribution in [1.82, 2.24) is 0 Å². The second kappa shape index (κ2) is 9.38. The largest absolute Gasteiger partial charge is 2.00 e. The van der Waals surface area contributed by atoms with Crippen molar-refractivity contribution in [3.63, 3.8) is 0 Å². The summed E-state index contributed by atoms with van der Waals surface area (Å²) >= 11 is 0. The first-order valence-corrected chi connectivity index (χ1v) is 2.68. The van der Waals surface area contributed by atoms with E-state index in [1.54, 1.807) is 0 Å². The Morgan fingerprint density at radius 3 is 1.00 bits per heavy atom. The van der Waals surface area contributed by atoms with Gasteiger partial charge in [0.1, 0.15) is 0 Å². The molecule has 0 rings (SSSR count). The van der Waals surface area contributed by atoms with Crippen molar-refractivity contribution in [2.45, 2.75) is 0 Å². The quantitative estimate of drug-likeness (QED) is 0.275. The maximum atomic E-state index is 7.33. The molecule has 0 unspecified atom stereocenters. The standard InChI is InChI=1S/B.Ca.Na.H4O4Si.3H/c;;;1-5(2,3)4;;;/h;;;1-4H;;;/q;+2;+1;;3*-1. The Kier molecular flexibility index (Phi) is 26.3. The fraction of sp³-hybridized carbons (Fsp3) is 0. The average Bonchev–Trinajstić information content (AvgIpc) is 0.722. The van der Waals surface area contributed by atoms with E-state index in [0.29, 0.717) is 0 Å². The zero-order chi connectivity index (χ0) is 4.50. The van der Waals surface area contributed by atoms with Gasteiger partial charge in [-0.3, -0.25) is 0 Å². The van der Waals surface area contributed by atoms with Crippen molar-refractivity contribution in [3.05, 3.63) is 0 Å². The van der Waals surface area contributed by atoms with E-state index in [2.05, 4.69) is 0 Å². The van der Waals surface area contributed by atoms with E-state index in [9.17, 15) is 0 Å². The Morgan fingerprint density at radius 2 is 1.00 bits per heavy atom. The molecule has 0 aromatic rings. The minimum Gasteiger partial charge on any atom is -1.00 e. The van der Waals surface area contributed by atoms with Crippen molar-refractivity contribution in [2.24, 2.45) is 0 Å². The minimum atomic E-state index is -4.61. The molecule has 41 valence electrons. The monoisotopic (exact) mass is 173 g/mol. The third kappa shape index (κ3) is 80.5. The second-order valence-electron chi connectivity index (χ2n) is 0.600. The normalized spacial score (nSPS) is 7.50. The SMILES string of the molecule is O[Si](O)(O)O.[B].[Ca+2].[H-].[H-].[H-].[Na+]. The van der Waals surface area contributed by atoms with Gasteiger partial charge in [-0.1, -0.05) is 0 Å². The molecule has 0 aliphatic heterocycles. The molecule has 8 heteroatoms. The van der Waals surface area contributed by atoms with E-state index in [1.165, 1.54) is 0 Å². The Hall–Kier alpha value is 2.38. The predicted octanol–water partition coefficient (Wildman–Crippen LogP) is -6.03. The molecule has 0 spiro atoms. The third-order valence-electron chi connectivity index (χ3n) is 0. The van der Waals surface area contributed by atoms with Gasteiger partial charge in [-0.15, -0.1) is 0 Å². The van der Waals surface area contributed by atoms with Gasteiger partial charge in [0.15, 0.2) is 0 Å². The Labute approximate surface area is 107 Å². The Balaban J connectivity index is -0.00000000533. The van der Waals surface area contributed by atoms with Crippen LogP contribution in [0.3, 0.4) is 0 Å². The van der Waals surface area contributed by atoms with Crippen molar-refractivity contribution in [3.8, 4) is 0 Å². The van der Waals surface area contributed by atoms with Crippen molar-refractivity contribution < 1.29 is 53.0 Å². The molecule has 4 nitrogen and oxygen atoms in total. The number of rotatable bonds is 0. The molecule has 0 fully saturated rings. The van der Waals surface area contributed by atoms with Crippen LogP contribution in [0.5, 0.6) is 0 Å². The molecular weight excluding hydrogens is 166 g/mol. The van der Waals surface area contributed by atoms with Crippen LogP contribution < -0.4 is 29.6 Å². The van der Waals surface area contributed by atoms with E-state index < -0.39 is 9.05 Å². The van der Waals surface area contributed by atoms with Gasteiger partial charge in [-0.25, -0.2) is 0 Å². The van der Waals surface area contributed by atoms with Crippen LogP contribution in [0.15, 0.2) is 0 Å². The summed E-state index contributed by atoms with van der Waals surface area (Å²) in [6.45, 7) is 0. The Morgan fingerprint density at radius 1 is 1.00 bits per heavy atom. The fourth-order valence-corrected chi connectivity index (χ4v) is 0. The van der Waals surface area contributed by atoms with Crippen LogP contribution in [0.25, 0.3) is 0 Å². The zero-order valence-electron chi connectivity index (χ0n) is 7.57. The van der Waals surface area contributed by atoms with Gasteiger partial charge < -0.3 is 23.5 Å². The molecule has 0 heterocycles. The molecular formula is H7BCaNaO4Si. The van der Waals surface area contributed by atoms with Crippen LogP contribution in [-0.4, -0.2) is 74.4 Å². The first-order valence-electron chi connectivity index (χ1n) is 0.894. The topological polar surface area (TPSA) is 80.9 Å². The molecule has 4 N–H and O–H groups in total. The predicted molar refractivity (Wildman–Crippen MR) is 29.5 cm³/mol. The molecule has 0 aromatic carbocycles. The maximum absolute atomic E-state index is 7.33. The molecule has 0 aliphatic carbocycles. The van der Waals surface area contributed by atoms with E-state index >= 15 is 0 Å². The summed E-state index contributed by atoms with van der Waals surface area (Å²) in [6, 6.07) is 0. The minimum absolute atomic E-state index is 0. The molecule has 0 aromatic heterocycles.